The molecule has 0 saturated heterocycles. The van der Waals surface area contributed by atoms with E-state index in [-0.39, 0.29) is 11.6 Å². The Hall–Kier alpha value is -2.05. The quantitative estimate of drug-likeness (QED) is 0.839. The van der Waals surface area contributed by atoms with Crippen LogP contribution in [0.1, 0.15) is 11.1 Å². The summed E-state index contributed by atoms with van der Waals surface area (Å²) < 4.78 is 19.0. The van der Waals surface area contributed by atoms with Crippen molar-refractivity contribution in [2.75, 3.05) is 0 Å². The van der Waals surface area contributed by atoms with Crippen LogP contribution in [0.3, 0.4) is 0 Å². The molecule has 0 aliphatic heterocycles. The maximum absolute atomic E-state index is 13.6. The molecule has 2 nitrogen and oxygen atoms in total. The van der Waals surface area contributed by atoms with Gasteiger partial charge in [-0.3, -0.25) is 0 Å². The van der Waals surface area contributed by atoms with Gasteiger partial charge in [0, 0.05) is 5.56 Å². The highest BCUT2D eigenvalue weighted by atomic mass is 35.5. The number of ether oxygens (including phenoxy) is 1. The predicted octanol–water partition coefficient (Wildman–Crippen LogP) is 3.93. The summed E-state index contributed by atoms with van der Waals surface area (Å²) in [6, 6.07) is 13.4. The zero-order valence-electron chi connectivity index (χ0n) is 9.36. The van der Waals surface area contributed by atoms with Gasteiger partial charge in [0.05, 0.1) is 16.7 Å². The Labute approximate surface area is 109 Å². The SMILES string of the molecule is N#Cc1ccc(OCc2cccc(Cl)c2F)cc1. The van der Waals surface area contributed by atoms with Crippen LogP contribution in [0.15, 0.2) is 42.5 Å². The van der Waals surface area contributed by atoms with Crippen LogP contribution in [0.4, 0.5) is 4.39 Å². The number of nitrogens with zero attached hydrogens (tertiary/aromatic N) is 1. The molecule has 0 fully saturated rings. The molecule has 0 spiro atoms. The van der Waals surface area contributed by atoms with E-state index in [1.54, 1.807) is 36.4 Å². The van der Waals surface area contributed by atoms with E-state index in [9.17, 15) is 4.39 Å². The van der Waals surface area contributed by atoms with Crippen LogP contribution in [-0.4, -0.2) is 0 Å². The standard InChI is InChI=1S/C14H9ClFNO/c15-13-3-1-2-11(14(13)16)9-18-12-6-4-10(8-17)5-7-12/h1-7H,9H2. The highest BCUT2D eigenvalue weighted by Crippen LogP contribution is 2.20. The lowest BCUT2D eigenvalue weighted by Crippen LogP contribution is -1.98. The molecule has 0 aliphatic carbocycles. The zero-order chi connectivity index (χ0) is 13.0. The lowest BCUT2D eigenvalue weighted by Gasteiger charge is -2.07. The van der Waals surface area contributed by atoms with Gasteiger partial charge in [-0.05, 0) is 30.3 Å². The molecule has 0 saturated carbocycles. The number of rotatable bonds is 3. The highest BCUT2D eigenvalue weighted by Gasteiger charge is 2.06. The van der Waals surface area contributed by atoms with E-state index in [0.717, 1.165) is 0 Å². The number of hydrogen-bond acceptors (Lipinski definition) is 2. The van der Waals surface area contributed by atoms with E-state index in [0.29, 0.717) is 16.9 Å². The van der Waals surface area contributed by atoms with Crippen molar-refractivity contribution in [1.82, 2.24) is 0 Å². The first kappa shape index (κ1) is 12.4. The zero-order valence-corrected chi connectivity index (χ0v) is 10.1. The summed E-state index contributed by atoms with van der Waals surface area (Å²) in [7, 11) is 0. The highest BCUT2D eigenvalue weighted by molar-refractivity contribution is 6.30. The third-order valence-electron chi connectivity index (χ3n) is 2.41. The molecule has 0 heterocycles. The van der Waals surface area contributed by atoms with Crippen LogP contribution in [0.2, 0.25) is 5.02 Å². The molecule has 2 rings (SSSR count). The van der Waals surface area contributed by atoms with E-state index >= 15 is 0 Å². The maximum Gasteiger partial charge on any atom is 0.148 e. The average Bonchev–Trinajstić information content (AvgIpc) is 2.41. The van der Waals surface area contributed by atoms with E-state index in [1.165, 1.54) is 6.07 Å². The molecule has 0 amide bonds. The summed E-state index contributed by atoms with van der Waals surface area (Å²) in [5, 5.41) is 8.73. The van der Waals surface area contributed by atoms with Crippen LogP contribution >= 0.6 is 11.6 Å². The van der Waals surface area contributed by atoms with Crippen LogP contribution in [-0.2, 0) is 6.61 Å². The van der Waals surface area contributed by atoms with Crippen molar-refractivity contribution in [2.24, 2.45) is 0 Å². The Morgan fingerprint density at radius 2 is 1.89 bits per heavy atom. The summed E-state index contributed by atoms with van der Waals surface area (Å²) in [5.74, 6) is 0.112. The molecule has 2 aromatic carbocycles. The molecule has 0 N–H and O–H groups in total. The van der Waals surface area contributed by atoms with Crippen molar-refractivity contribution in [2.45, 2.75) is 6.61 Å². The van der Waals surface area contributed by atoms with Gasteiger partial charge in [0.25, 0.3) is 0 Å². The average molecular weight is 262 g/mol. The van der Waals surface area contributed by atoms with Crippen LogP contribution in [0.25, 0.3) is 0 Å². The number of hydrogen-bond donors (Lipinski definition) is 0. The molecule has 18 heavy (non-hydrogen) atoms. The lowest BCUT2D eigenvalue weighted by molar-refractivity contribution is 0.300. The van der Waals surface area contributed by atoms with Crippen molar-refractivity contribution in [3.8, 4) is 11.8 Å². The van der Waals surface area contributed by atoms with Gasteiger partial charge in [0.1, 0.15) is 18.2 Å². The second kappa shape index (κ2) is 5.52. The minimum atomic E-state index is -0.465. The van der Waals surface area contributed by atoms with Gasteiger partial charge in [0.2, 0.25) is 0 Å². The molecule has 90 valence electrons. The number of nitriles is 1. The lowest BCUT2D eigenvalue weighted by atomic mass is 10.2. The Morgan fingerprint density at radius 3 is 2.56 bits per heavy atom. The van der Waals surface area contributed by atoms with Gasteiger partial charge >= 0.3 is 0 Å². The molecule has 4 heteroatoms. The van der Waals surface area contributed by atoms with Crippen molar-refractivity contribution in [3.63, 3.8) is 0 Å². The van der Waals surface area contributed by atoms with E-state index in [1.807, 2.05) is 6.07 Å². The van der Waals surface area contributed by atoms with Crippen LogP contribution in [0, 0.1) is 17.1 Å². The Bertz CT molecular complexity index is 590. The monoisotopic (exact) mass is 261 g/mol. The fraction of sp³-hybridized carbons (Fsp3) is 0.0714. The fourth-order valence-electron chi connectivity index (χ4n) is 1.45. The maximum atomic E-state index is 13.6. The van der Waals surface area contributed by atoms with Crippen molar-refractivity contribution < 1.29 is 9.13 Å². The van der Waals surface area contributed by atoms with Crippen molar-refractivity contribution >= 4 is 11.6 Å². The van der Waals surface area contributed by atoms with Crippen molar-refractivity contribution in [1.29, 1.82) is 5.26 Å². The molecule has 0 aromatic heterocycles. The summed E-state index contributed by atoms with van der Waals surface area (Å²) in [6.07, 6.45) is 0. The van der Waals surface area contributed by atoms with E-state index in [2.05, 4.69) is 0 Å². The molecular weight excluding hydrogens is 253 g/mol. The number of halogens is 2. The fourth-order valence-corrected chi connectivity index (χ4v) is 1.64. The molecule has 0 atom stereocenters. The minimum Gasteiger partial charge on any atom is -0.489 e. The van der Waals surface area contributed by atoms with E-state index < -0.39 is 5.82 Å². The largest absolute Gasteiger partial charge is 0.489 e. The van der Waals surface area contributed by atoms with Gasteiger partial charge in [-0.25, -0.2) is 4.39 Å². The van der Waals surface area contributed by atoms with Crippen molar-refractivity contribution in [3.05, 3.63) is 64.4 Å². The van der Waals surface area contributed by atoms with E-state index in [4.69, 9.17) is 21.6 Å². The molecular formula is C14H9ClFNO. The number of benzene rings is 2. The summed E-state index contributed by atoms with van der Waals surface area (Å²) in [6.45, 7) is 0.0955. The minimum absolute atomic E-state index is 0.0796. The molecule has 2 aromatic rings. The Balaban J connectivity index is 2.07. The van der Waals surface area contributed by atoms with Crippen LogP contribution in [0.5, 0.6) is 5.75 Å². The summed E-state index contributed by atoms with van der Waals surface area (Å²) in [4.78, 5) is 0. The third-order valence-corrected chi connectivity index (χ3v) is 2.70. The normalized spacial score (nSPS) is 9.83. The topological polar surface area (TPSA) is 33.0 Å². The Morgan fingerprint density at radius 1 is 1.17 bits per heavy atom. The Kier molecular flexibility index (Phi) is 3.81. The van der Waals surface area contributed by atoms with Crippen LogP contribution < -0.4 is 4.74 Å². The summed E-state index contributed by atoms with van der Waals surface area (Å²) in [5.41, 5.74) is 0.947. The molecule has 0 bridgehead atoms. The first-order valence-corrected chi connectivity index (χ1v) is 5.64. The second-order valence-electron chi connectivity index (χ2n) is 3.64. The van der Waals surface area contributed by atoms with Gasteiger partial charge < -0.3 is 4.74 Å². The van der Waals surface area contributed by atoms with Gasteiger partial charge in [-0.2, -0.15) is 5.26 Å². The molecule has 0 aliphatic rings. The third kappa shape index (κ3) is 2.79. The second-order valence-corrected chi connectivity index (χ2v) is 4.04. The van der Waals surface area contributed by atoms with Gasteiger partial charge in [-0.15, -0.1) is 0 Å². The molecule has 0 radical (unpaired) electrons. The summed E-state index contributed by atoms with van der Waals surface area (Å²) >= 11 is 5.67. The molecule has 0 unspecified atom stereocenters. The smallest absolute Gasteiger partial charge is 0.148 e. The predicted molar refractivity (Wildman–Crippen MR) is 66.9 cm³/mol. The first-order chi connectivity index (χ1) is 8.70. The van der Waals surface area contributed by atoms with Gasteiger partial charge in [0.15, 0.2) is 0 Å². The first-order valence-electron chi connectivity index (χ1n) is 5.26. The van der Waals surface area contributed by atoms with Gasteiger partial charge in [-0.1, -0.05) is 23.7 Å².